The maximum atomic E-state index is 5.50. The lowest BCUT2D eigenvalue weighted by Crippen LogP contribution is -2.39. The van der Waals surface area contributed by atoms with Crippen LogP contribution in [0.4, 0.5) is 0 Å². The smallest absolute Gasteiger partial charge is 0.191 e. The summed E-state index contributed by atoms with van der Waals surface area (Å²) in [4.78, 5) is 6.97. The molecular weight excluding hydrogens is 479 g/mol. The van der Waals surface area contributed by atoms with Crippen LogP contribution in [0.1, 0.15) is 57.1 Å². The maximum absolute atomic E-state index is 5.50. The fourth-order valence-corrected chi connectivity index (χ4v) is 3.68. The van der Waals surface area contributed by atoms with Crippen LogP contribution in [0.5, 0.6) is 11.5 Å². The lowest BCUT2D eigenvalue weighted by Gasteiger charge is -2.26. The second-order valence-corrected chi connectivity index (χ2v) is 7.44. The first kappa shape index (κ1) is 25.8. The third-order valence-electron chi connectivity index (χ3n) is 5.37. The molecule has 1 unspecified atom stereocenters. The Bertz CT molecular complexity index is 606. The Morgan fingerprint density at radius 3 is 2.52 bits per heavy atom. The molecule has 0 aliphatic carbocycles. The maximum Gasteiger partial charge on any atom is 0.191 e. The summed E-state index contributed by atoms with van der Waals surface area (Å²) in [6.45, 7) is 6.87. The molecule has 0 amide bonds. The number of halogens is 1. The minimum Gasteiger partial charge on any atom is -0.497 e. The zero-order chi connectivity index (χ0) is 20.2. The van der Waals surface area contributed by atoms with Crippen LogP contribution < -0.4 is 20.1 Å². The van der Waals surface area contributed by atoms with E-state index in [0.29, 0.717) is 0 Å². The van der Waals surface area contributed by atoms with Gasteiger partial charge in [-0.2, -0.15) is 0 Å². The van der Waals surface area contributed by atoms with Gasteiger partial charge in [0.05, 0.1) is 20.3 Å². The van der Waals surface area contributed by atoms with Gasteiger partial charge in [-0.05, 0) is 70.4 Å². The molecule has 0 radical (unpaired) electrons. The molecule has 7 heteroatoms. The molecule has 0 saturated carbocycles. The molecule has 2 N–H and O–H groups in total. The van der Waals surface area contributed by atoms with Gasteiger partial charge in [0.2, 0.25) is 0 Å². The number of likely N-dealkylation sites (tertiary alicyclic amines) is 1. The quantitative estimate of drug-likeness (QED) is 0.211. The molecule has 1 saturated heterocycles. The highest BCUT2D eigenvalue weighted by Gasteiger charge is 2.14. The second-order valence-electron chi connectivity index (χ2n) is 7.44. The zero-order valence-electron chi connectivity index (χ0n) is 18.5. The van der Waals surface area contributed by atoms with Crippen molar-refractivity contribution in [3.8, 4) is 11.5 Å². The third kappa shape index (κ3) is 8.99. The molecule has 1 aliphatic heterocycles. The second kappa shape index (κ2) is 14.7. The molecule has 0 spiro atoms. The zero-order valence-corrected chi connectivity index (χ0v) is 20.8. The van der Waals surface area contributed by atoms with Crippen LogP contribution in [-0.4, -0.2) is 58.3 Å². The largest absolute Gasteiger partial charge is 0.497 e. The standard InChI is InChI=1S/C22H38N4O2.HI/c1-18(20-17-19(27-3)11-12-21(20)28-4)25-22(23-2)24-13-7-5-8-14-26-15-9-6-10-16-26;/h11-12,17-18H,5-10,13-16H2,1-4H3,(H2,23,24,25);1H. The van der Waals surface area contributed by atoms with E-state index in [1.54, 1.807) is 21.3 Å². The van der Waals surface area contributed by atoms with Crippen molar-refractivity contribution in [3.05, 3.63) is 23.8 Å². The Labute approximate surface area is 193 Å². The molecule has 29 heavy (non-hydrogen) atoms. The summed E-state index contributed by atoms with van der Waals surface area (Å²) < 4.78 is 10.8. The van der Waals surface area contributed by atoms with Crippen molar-refractivity contribution >= 4 is 29.9 Å². The van der Waals surface area contributed by atoms with E-state index in [-0.39, 0.29) is 30.0 Å². The molecule has 1 aliphatic rings. The number of methoxy groups -OCH3 is 2. The van der Waals surface area contributed by atoms with Crippen LogP contribution in [0.25, 0.3) is 0 Å². The van der Waals surface area contributed by atoms with Gasteiger partial charge in [-0.25, -0.2) is 0 Å². The highest BCUT2D eigenvalue weighted by atomic mass is 127. The summed E-state index contributed by atoms with van der Waals surface area (Å²) in [6, 6.07) is 5.90. The van der Waals surface area contributed by atoms with Gasteiger partial charge in [0, 0.05) is 19.2 Å². The molecule has 6 nitrogen and oxygen atoms in total. The molecule has 1 aromatic carbocycles. The van der Waals surface area contributed by atoms with Crippen LogP contribution in [0.2, 0.25) is 0 Å². The van der Waals surface area contributed by atoms with Gasteiger partial charge in [-0.15, -0.1) is 24.0 Å². The predicted molar refractivity (Wildman–Crippen MR) is 132 cm³/mol. The van der Waals surface area contributed by atoms with E-state index in [1.165, 1.54) is 51.7 Å². The average molecular weight is 518 g/mol. The van der Waals surface area contributed by atoms with Crippen LogP contribution in [-0.2, 0) is 0 Å². The lowest BCUT2D eigenvalue weighted by atomic mass is 10.1. The number of ether oxygens (including phenoxy) is 2. The van der Waals surface area contributed by atoms with Crippen molar-refractivity contribution in [2.75, 3.05) is 47.4 Å². The average Bonchev–Trinajstić information content (AvgIpc) is 2.75. The van der Waals surface area contributed by atoms with Crippen molar-refractivity contribution in [3.63, 3.8) is 0 Å². The van der Waals surface area contributed by atoms with Crippen molar-refractivity contribution in [1.82, 2.24) is 15.5 Å². The highest BCUT2D eigenvalue weighted by molar-refractivity contribution is 14.0. The van der Waals surface area contributed by atoms with E-state index in [4.69, 9.17) is 9.47 Å². The lowest BCUT2D eigenvalue weighted by molar-refractivity contribution is 0.224. The summed E-state index contributed by atoms with van der Waals surface area (Å²) in [5.74, 6) is 2.48. The molecule has 1 atom stereocenters. The Morgan fingerprint density at radius 1 is 1.10 bits per heavy atom. The van der Waals surface area contributed by atoms with Crippen molar-refractivity contribution < 1.29 is 9.47 Å². The normalized spacial score (nSPS) is 15.9. The summed E-state index contributed by atoms with van der Waals surface area (Å²) in [7, 11) is 5.17. The van der Waals surface area contributed by atoms with Gasteiger partial charge < -0.3 is 25.0 Å². The van der Waals surface area contributed by atoms with Crippen molar-refractivity contribution in [2.45, 2.75) is 51.5 Å². The fraction of sp³-hybridized carbons (Fsp3) is 0.682. The van der Waals surface area contributed by atoms with E-state index >= 15 is 0 Å². The molecule has 0 bridgehead atoms. The predicted octanol–water partition coefficient (Wildman–Crippen LogP) is 4.20. The first-order valence-corrected chi connectivity index (χ1v) is 10.6. The number of nitrogens with zero attached hydrogens (tertiary/aromatic N) is 2. The van der Waals surface area contributed by atoms with E-state index in [2.05, 4.69) is 27.4 Å². The summed E-state index contributed by atoms with van der Waals surface area (Å²) in [5, 5.41) is 6.87. The fourth-order valence-electron chi connectivity index (χ4n) is 3.68. The van der Waals surface area contributed by atoms with Crippen LogP contribution >= 0.6 is 24.0 Å². The molecule has 0 aromatic heterocycles. The van der Waals surface area contributed by atoms with Gasteiger partial charge in [0.25, 0.3) is 0 Å². The van der Waals surface area contributed by atoms with Gasteiger partial charge in [0.1, 0.15) is 11.5 Å². The van der Waals surface area contributed by atoms with Gasteiger partial charge in [-0.1, -0.05) is 12.8 Å². The Hall–Kier alpha value is -1.22. The number of guanidine groups is 1. The van der Waals surface area contributed by atoms with E-state index < -0.39 is 0 Å². The summed E-state index contributed by atoms with van der Waals surface area (Å²) in [6.07, 6.45) is 7.85. The third-order valence-corrected chi connectivity index (χ3v) is 5.37. The van der Waals surface area contributed by atoms with Crippen molar-refractivity contribution in [1.29, 1.82) is 0 Å². The molecule has 1 fully saturated rings. The van der Waals surface area contributed by atoms with Crippen LogP contribution in [0, 0.1) is 0 Å². The SMILES string of the molecule is CN=C(NCCCCCN1CCCCC1)NC(C)c1cc(OC)ccc1OC.I. The Balaban J connectivity index is 0.00000420. The molecule has 2 rings (SSSR count). The topological polar surface area (TPSA) is 58.1 Å². The molecular formula is C22H39IN4O2. The first-order valence-electron chi connectivity index (χ1n) is 10.6. The van der Waals surface area contributed by atoms with Gasteiger partial charge in [0.15, 0.2) is 5.96 Å². The Kier molecular flexibility index (Phi) is 13.1. The van der Waals surface area contributed by atoms with E-state index in [1.807, 2.05) is 18.2 Å². The van der Waals surface area contributed by atoms with Crippen LogP contribution in [0.15, 0.2) is 23.2 Å². The van der Waals surface area contributed by atoms with E-state index in [9.17, 15) is 0 Å². The molecule has 1 heterocycles. The van der Waals surface area contributed by atoms with Gasteiger partial charge >= 0.3 is 0 Å². The van der Waals surface area contributed by atoms with Crippen molar-refractivity contribution in [2.24, 2.45) is 4.99 Å². The number of nitrogens with one attached hydrogen (secondary N) is 2. The minimum absolute atomic E-state index is 0. The van der Waals surface area contributed by atoms with Gasteiger partial charge in [-0.3, -0.25) is 4.99 Å². The van der Waals surface area contributed by atoms with Crippen LogP contribution in [0.3, 0.4) is 0 Å². The van der Waals surface area contributed by atoms with E-state index in [0.717, 1.165) is 36.0 Å². The number of unbranched alkanes of at least 4 members (excludes halogenated alkanes) is 2. The molecule has 1 aromatic rings. The molecule has 166 valence electrons. The number of hydrogen-bond acceptors (Lipinski definition) is 4. The number of benzene rings is 1. The summed E-state index contributed by atoms with van der Waals surface area (Å²) in [5.41, 5.74) is 1.05. The number of piperidine rings is 1. The number of hydrogen-bond donors (Lipinski definition) is 2. The minimum atomic E-state index is 0. The Morgan fingerprint density at radius 2 is 1.86 bits per heavy atom. The summed E-state index contributed by atoms with van der Waals surface area (Å²) >= 11 is 0. The highest BCUT2D eigenvalue weighted by Crippen LogP contribution is 2.29. The number of rotatable bonds is 10. The monoisotopic (exact) mass is 518 g/mol. The first-order chi connectivity index (χ1) is 13.7. The number of aliphatic imine (C=N–C) groups is 1.